The van der Waals surface area contributed by atoms with Crippen LogP contribution >= 0.6 is 11.8 Å². The van der Waals surface area contributed by atoms with Gasteiger partial charge in [-0.05, 0) is 13.3 Å². The number of nitrogens with zero attached hydrogens (tertiary/aromatic N) is 2. The molecule has 3 rings (SSSR count). The molecule has 1 amide bonds. The van der Waals surface area contributed by atoms with E-state index in [9.17, 15) is 15.0 Å². The number of rotatable bonds is 3. The summed E-state index contributed by atoms with van der Waals surface area (Å²) in [6, 6.07) is -0.476. The van der Waals surface area contributed by atoms with Crippen LogP contribution in [0.1, 0.15) is 13.3 Å². The number of amidine groups is 1. The van der Waals surface area contributed by atoms with Crippen molar-refractivity contribution < 1.29 is 24.5 Å². The number of alkyl carbamates (subject to hydrolysis) is 1. The van der Waals surface area contributed by atoms with Crippen molar-refractivity contribution in [2.24, 2.45) is 4.99 Å². The smallest absolute Gasteiger partial charge is 0.407 e. The van der Waals surface area contributed by atoms with Crippen LogP contribution in [0.3, 0.4) is 0 Å². The van der Waals surface area contributed by atoms with Crippen molar-refractivity contribution in [3.05, 3.63) is 0 Å². The van der Waals surface area contributed by atoms with Gasteiger partial charge >= 0.3 is 6.09 Å². The zero-order chi connectivity index (χ0) is 15.7. The minimum Gasteiger partial charge on any atom is -0.447 e. The molecule has 5 unspecified atom stereocenters. The van der Waals surface area contributed by atoms with Crippen LogP contribution in [-0.2, 0) is 9.47 Å². The molecule has 22 heavy (non-hydrogen) atoms. The molecule has 2 fully saturated rings. The molecule has 3 N–H and O–H groups in total. The Balaban J connectivity index is 1.58. The lowest BCUT2D eigenvalue weighted by atomic mass is 9.99. The predicted octanol–water partition coefficient (Wildman–Crippen LogP) is -0.644. The summed E-state index contributed by atoms with van der Waals surface area (Å²) in [6.07, 6.45) is -2.32. The van der Waals surface area contributed by atoms with Crippen LogP contribution in [0.25, 0.3) is 0 Å². The molecule has 2 saturated heterocycles. The van der Waals surface area contributed by atoms with Crippen LogP contribution < -0.4 is 5.32 Å². The maximum absolute atomic E-state index is 11.3. The fourth-order valence-electron chi connectivity index (χ4n) is 2.57. The van der Waals surface area contributed by atoms with Crippen molar-refractivity contribution in [1.82, 2.24) is 10.2 Å². The molecule has 0 aliphatic carbocycles. The van der Waals surface area contributed by atoms with Gasteiger partial charge in [0.05, 0.1) is 0 Å². The lowest BCUT2D eigenvalue weighted by molar-refractivity contribution is -0.164. The number of ether oxygens (including phenoxy) is 2. The van der Waals surface area contributed by atoms with E-state index in [1.807, 2.05) is 0 Å². The number of carbonyl (C=O) groups excluding carboxylic acids is 1. The quantitative estimate of drug-likeness (QED) is 0.632. The van der Waals surface area contributed by atoms with E-state index in [-0.39, 0.29) is 12.0 Å². The first-order valence-corrected chi connectivity index (χ1v) is 8.39. The number of nitrogens with one attached hydrogen (secondary N) is 1. The number of thioether (sulfide) groups is 1. The molecular formula is C13H21N3O5S. The molecule has 0 bridgehead atoms. The van der Waals surface area contributed by atoms with Gasteiger partial charge in [-0.15, -0.1) is 0 Å². The fraction of sp³-hybridized carbons (Fsp3) is 0.846. The maximum Gasteiger partial charge on any atom is 0.407 e. The number of hydrogen-bond acceptors (Lipinski definition) is 8. The van der Waals surface area contributed by atoms with E-state index in [1.54, 1.807) is 6.92 Å². The molecule has 9 heteroatoms. The van der Waals surface area contributed by atoms with Crippen molar-refractivity contribution in [1.29, 1.82) is 0 Å². The third-order valence-corrected chi connectivity index (χ3v) is 5.17. The average molecular weight is 331 g/mol. The minimum atomic E-state index is -1.13. The Bertz CT molecular complexity index is 459. The van der Waals surface area contributed by atoms with E-state index in [0.717, 1.165) is 24.7 Å². The van der Waals surface area contributed by atoms with Crippen molar-refractivity contribution in [2.75, 3.05) is 26.2 Å². The predicted molar refractivity (Wildman–Crippen MR) is 80.7 cm³/mol. The topological polar surface area (TPSA) is 104 Å². The van der Waals surface area contributed by atoms with Gasteiger partial charge in [-0.2, -0.15) is 0 Å². The van der Waals surface area contributed by atoms with Gasteiger partial charge in [0.1, 0.15) is 36.4 Å². The second-order valence-corrected chi connectivity index (χ2v) is 6.58. The summed E-state index contributed by atoms with van der Waals surface area (Å²) in [5.74, 6) is 0. The summed E-state index contributed by atoms with van der Waals surface area (Å²) >= 11 is 1.46. The number of hydrogen-bond donors (Lipinski definition) is 3. The first-order chi connectivity index (χ1) is 10.6. The van der Waals surface area contributed by atoms with Crippen LogP contribution in [0.5, 0.6) is 0 Å². The highest BCUT2D eigenvalue weighted by atomic mass is 32.2. The van der Waals surface area contributed by atoms with E-state index in [4.69, 9.17) is 9.47 Å². The monoisotopic (exact) mass is 331 g/mol. The molecule has 0 aromatic rings. The van der Waals surface area contributed by atoms with Gasteiger partial charge in [-0.25, -0.2) is 4.79 Å². The molecular weight excluding hydrogens is 310 g/mol. The Morgan fingerprint density at radius 1 is 1.50 bits per heavy atom. The van der Waals surface area contributed by atoms with Crippen molar-refractivity contribution in [3.63, 3.8) is 0 Å². The number of fused-ring (bicyclic) bond motifs is 1. The van der Waals surface area contributed by atoms with Crippen molar-refractivity contribution in [2.45, 2.75) is 43.1 Å². The van der Waals surface area contributed by atoms with Gasteiger partial charge in [0, 0.05) is 19.6 Å². The lowest BCUT2D eigenvalue weighted by Gasteiger charge is -2.37. The van der Waals surface area contributed by atoms with Crippen LogP contribution in [0, 0.1) is 0 Å². The van der Waals surface area contributed by atoms with E-state index >= 15 is 0 Å². The number of aliphatic hydroxyl groups is 2. The van der Waals surface area contributed by atoms with E-state index in [2.05, 4.69) is 15.2 Å². The second-order valence-electron chi connectivity index (χ2n) is 5.51. The highest BCUT2D eigenvalue weighted by Crippen LogP contribution is 2.38. The number of likely N-dealkylation sites (tertiary alicyclic amines) is 1. The van der Waals surface area contributed by atoms with Crippen LogP contribution in [0.15, 0.2) is 4.99 Å². The van der Waals surface area contributed by atoms with E-state index in [1.165, 1.54) is 11.8 Å². The maximum atomic E-state index is 11.3. The Morgan fingerprint density at radius 2 is 2.27 bits per heavy atom. The van der Waals surface area contributed by atoms with Gasteiger partial charge < -0.3 is 29.9 Å². The van der Waals surface area contributed by atoms with Gasteiger partial charge in [0.2, 0.25) is 0 Å². The van der Waals surface area contributed by atoms with Crippen LogP contribution in [0.4, 0.5) is 4.79 Å². The largest absolute Gasteiger partial charge is 0.447 e. The van der Waals surface area contributed by atoms with E-state index in [0.29, 0.717) is 6.54 Å². The highest BCUT2D eigenvalue weighted by molar-refractivity contribution is 8.14. The first-order valence-electron chi connectivity index (χ1n) is 7.51. The molecule has 0 spiro atoms. The fourth-order valence-corrected chi connectivity index (χ4v) is 3.85. The molecule has 3 heterocycles. The zero-order valence-corrected chi connectivity index (χ0v) is 13.2. The summed E-state index contributed by atoms with van der Waals surface area (Å²) in [5, 5.41) is 23.8. The molecule has 0 aromatic carbocycles. The van der Waals surface area contributed by atoms with Gasteiger partial charge in [-0.1, -0.05) is 11.8 Å². The normalized spacial score (nSPS) is 37.1. The minimum absolute atomic E-state index is 0.104. The SMILES string of the molecule is CCNC(=O)OCC1OC2SC(N3CCC3)=NC2C(O)C1O. The molecule has 0 radical (unpaired) electrons. The Labute approximate surface area is 132 Å². The Kier molecular flexibility index (Phi) is 4.76. The highest BCUT2D eigenvalue weighted by Gasteiger charge is 2.49. The summed E-state index contributed by atoms with van der Waals surface area (Å²) < 4.78 is 10.8. The molecule has 0 aromatic heterocycles. The Morgan fingerprint density at radius 3 is 2.91 bits per heavy atom. The van der Waals surface area contributed by atoms with Crippen molar-refractivity contribution in [3.8, 4) is 0 Å². The number of amides is 1. The summed E-state index contributed by atoms with van der Waals surface area (Å²) in [4.78, 5) is 17.9. The van der Waals surface area contributed by atoms with Crippen molar-refractivity contribution >= 4 is 23.0 Å². The summed E-state index contributed by atoms with van der Waals surface area (Å²) in [5.41, 5.74) is -0.350. The van der Waals surface area contributed by atoms with E-state index < -0.39 is 30.4 Å². The number of carbonyl (C=O) groups is 1. The first kappa shape index (κ1) is 15.9. The molecule has 5 atom stereocenters. The molecule has 124 valence electrons. The molecule has 3 aliphatic rings. The van der Waals surface area contributed by atoms with Gasteiger partial charge in [0.15, 0.2) is 5.17 Å². The third-order valence-electron chi connectivity index (χ3n) is 3.98. The third kappa shape index (κ3) is 3.03. The second kappa shape index (κ2) is 6.61. The summed E-state index contributed by atoms with van der Waals surface area (Å²) in [6.45, 7) is 4.07. The van der Waals surface area contributed by atoms with Gasteiger partial charge in [0.25, 0.3) is 0 Å². The number of aliphatic hydroxyl groups excluding tert-OH is 2. The molecule has 8 nitrogen and oxygen atoms in total. The molecule has 0 saturated carbocycles. The lowest BCUT2D eigenvalue weighted by Crippen LogP contribution is -2.56. The average Bonchev–Trinajstić information content (AvgIpc) is 2.83. The Hall–Kier alpha value is -1.03. The standard InChI is InChI=1S/C13H21N3O5S/c1-2-14-13(19)20-6-7-9(17)10(18)8-11(21-7)22-12(15-8)16-4-3-5-16/h7-11,17-18H,2-6H2,1H3,(H,14,19). The summed E-state index contributed by atoms with van der Waals surface area (Å²) in [7, 11) is 0. The van der Waals surface area contributed by atoms with Gasteiger partial charge in [-0.3, -0.25) is 4.99 Å². The van der Waals surface area contributed by atoms with Crippen LogP contribution in [-0.4, -0.2) is 82.4 Å². The molecule has 3 aliphatic heterocycles. The van der Waals surface area contributed by atoms with Crippen LogP contribution in [0.2, 0.25) is 0 Å². The number of aliphatic imine (C=N–C) groups is 1. The zero-order valence-electron chi connectivity index (χ0n) is 12.3.